The highest BCUT2D eigenvalue weighted by Crippen LogP contribution is 2.22. The average molecular weight is 409 g/mol. The number of carbonyl (C=O) groups is 2. The molecule has 0 radical (unpaired) electrons. The minimum absolute atomic E-state index is 0.223. The third kappa shape index (κ3) is 4.25. The van der Waals surface area contributed by atoms with Gasteiger partial charge >= 0.3 is 5.97 Å². The molecular formula is C23H24FN3O3. The summed E-state index contributed by atoms with van der Waals surface area (Å²) in [6.45, 7) is 3.84. The van der Waals surface area contributed by atoms with Gasteiger partial charge in [-0.3, -0.25) is 9.59 Å². The van der Waals surface area contributed by atoms with Gasteiger partial charge in [-0.25, -0.2) is 9.07 Å². The first-order valence-electron chi connectivity index (χ1n) is 9.58. The van der Waals surface area contributed by atoms with Crippen LogP contribution in [0.25, 0.3) is 5.69 Å². The highest BCUT2D eigenvalue weighted by Gasteiger charge is 2.18. The topological polar surface area (TPSA) is 64.4 Å². The van der Waals surface area contributed by atoms with Crippen LogP contribution in [0, 0.1) is 19.7 Å². The van der Waals surface area contributed by atoms with Gasteiger partial charge in [0.1, 0.15) is 5.82 Å². The second-order valence-corrected chi connectivity index (χ2v) is 7.00. The van der Waals surface area contributed by atoms with Gasteiger partial charge in [0.15, 0.2) is 0 Å². The van der Waals surface area contributed by atoms with Crippen LogP contribution in [0.3, 0.4) is 0 Å². The van der Waals surface area contributed by atoms with Gasteiger partial charge in [-0.05, 0) is 62.2 Å². The fourth-order valence-corrected chi connectivity index (χ4v) is 3.39. The molecule has 0 aliphatic carbocycles. The van der Waals surface area contributed by atoms with Gasteiger partial charge in [0, 0.05) is 24.7 Å². The lowest BCUT2D eigenvalue weighted by Gasteiger charge is -2.18. The molecule has 0 bridgehead atoms. The van der Waals surface area contributed by atoms with Crippen molar-refractivity contribution in [2.45, 2.75) is 26.7 Å². The van der Waals surface area contributed by atoms with Crippen LogP contribution in [0.4, 0.5) is 10.1 Å². The number of halogens is 1. The number of carbonyl (C=O) groups excluding carboxylic acids is 2. The highest BCUT2D eigenvalue weighted by atomic mass is 19.1. The molecule has 0 fully saturated rings. The van der Waals surface area contributed by atoms with Crippen molar-refractivity contribution in [2.75, 3.05) is 19.1 Å². The van der Waals surface area contributed by atoms with Crippen molar-refractivity contribution in [3.63, 3.8) is 0 Å². The SMILES string of the molecule is COC(=O)CCc1c(C)nn(-c2ccc(C(=O)N(C)c3ccccc3F)cc2)c1C. The van der Waals surface area contributed by atoms with Gasteiger partial charge in [-0.1, -0.05) is 12.1 Å². The van der Waals surface area contributed by atoms with E-state index in [9.17, 15) is 14.0 Å². The quantitative estimate of drug-likeness (QED) is 0.577. The van der Waals surface area contributed by atoms with Crippen LogP contribution in [0.2, 0.25) is 0 Å². The lowest BCUT2D eigenvalue weighted by atomic mass is 10.1. The first-order chi connectivity index (χ1) is 14.3. The average Bonchev–Trinajstić information content (AvgIpc) is 3.04. The molecule has 0 aliphatic heterocycles. The maximum atomic E-state index is 14.0. The number of amides is 1. The Labute approximate surface area is 174 Å². The summed E-state index contributed by atoms with van der Waals surface area (Å²) in [5, 5.41) is 4.57. The molecule has 0 aliphatic rings. The monoisotopic (exact) mass is 409 g/mol. The molecule has 156 valence electrons. The van der Waals surface area contributed by atoms with Crippen molar-refractivity contribution in [1.29, 1.82) is 0 Å². The number of esters is 1. The third-order valence-corrected chi connectivity index (χ3v) is 5.13. The maximum absolute atomic E-state index is 14.0. The molecular weight excluding hydrogens is 385 g/mol. The normalized spacial score (nSPS) is 10.7. The Kier molecular flexibility index (Phi) is 6.30. The van der Waals surface area contributed by atoms with Crippen LogP contribution < -0.4 is 4.90 Å². The maximum Gasteiger partial charge on any atom is 0.305 e. The molecule has 1 heterocycles. The van der Waals surface area contributed by atoms with E-state index >= 15 is 0 Å². The molecule has 0 saturated heterocycles. The summed E-state index contributed by atoms with van der Waals surface area (Å²) in [6, 6.07) is 13.1. The number of hydrogen-bond acceptors (Lipinski definition) is 4. The van der Waals surface area contributed by atoms with Crippen LogP contribution in [0.5, 0.6) is 0 Å². The van der Waals surface area contributed by atoms with Crippen LogP contribution >= 0.6 is 0 Å². The lowest BCUT2D eigenvalue weighted by Crippen LogP contribution is -2.27. The molecule has 1 aromatic heterocycles. The highest BCUT2D eigenvalue weighted by molar-refractivity contribution is 6.05. The molecule has 0 saturated carbocycles. The largest absolute Gasteiger partial charge is 0.469 e. The van der Waals surface area contributed by atoms with Crippen molar-refractivity contribution in [1.82, 2.24) is 9.78 Å². The van der Waals surface area contributed by atoms with Crippen molar-refractivity contribution >= 4 is 17.6 Å². The van der Waals surface area contributed by atoms with E-state index < -0.39 is 5.82 Å². The summed E-state index contributed by atoms with van der Waals surface area (Å²) in [4.78, 5) is 25.5. The van der Waals surface area contributed by atoms with Crippen LogP contribution in [0.15, 0.2) is 48.5 Å². The second kappa shape index (κ2) is 8.90. The fourth-order valence-electron chi connectivity index (χ4n) is 3.39. The molecule has 1 amide bonds. The molecule has 3 rings (SSSR count). The Morgan fingerprint density at radius 3 is 2.40 bits per heavy atom. The van der Waals surface area contributed by atoms with E-state index in [0.717, 1.165) is 22.6 Å². The Bertz CT molecular complexity index is 1070. The number of benzene rings is 2. The minimum Gasteiger partial charge on any atom is -0.469 e. The molecule has 7 heteroatoms. The van der Waals surface area contributed by atoms with E-state index in [-0.39, 0.29) is 17.6 Å². The molecule has 6 nitrogen and oxygen atoms in total. The Morgan fingerprint density at radius 1 is 1.10 bits per heavy atom. The number of nitrogens with zero attached hydrogens (tertiary/aromatic N) is 3. The van der Waals surface area contributed by atoms with E-state index in [0.29, 0.717) is 18.4 Å². The summed E-state index contributed by atoms with van der Waals surface area (Å²) in [5.41, 5.74) is 4.23. The van der Waals surface area contributed by atoms with Gasteiger partial charge in [0.05, 0.1) is 24.2 Å². The standard InChI is InChI=1S/C23H24FN3O3/c1-15-19(13-14-22(28)30-4)16(2)27(25-15)18-11-9-17(10-12-18)23(29)26(3)21-8-6-5-7-20(21)24/h5-12H,13-14H2,1-4H3. The summed E-state index contributed by atoms with van der Waals surface area (Å²) < 4.78 is 20.5. The first kappa shape index (κ1) is 21.2. The zero-order chi connectivity index (χ0) is 21.8. The Balaban J connectivity index is 1.81. The summed E-state index contributed by atoms with van der Waals surface area (Å²) in [5.74, 6) is -1.02. The van der Waals surface area contributed by atoms with Crippen molar-refractivity contribution in [2.24, 2.45) is 0 Å². The lowest BCUT2D eigenvalue weighted by molar-refractivity contribution is -0.140. The van der Waals surface area contributed by atoms with Crippen LogP contribution in [-0.4, -0.2) is 35.8 Å². The number of para-hydroxylation sites is 1. The van der Waals surface area contributed by atoms with Gasteiger partial charge in [-0.15, -0.1) is 0 Å². The zero-order valence-electron chi connectivity index (χ0n) is 17.5. The molecule has 2 aromatic carbocycles. The zero-order valence-corrected chi connectivity index (χ0v) is 17.5. The fraction of sp³-hybridized carbons (Fsp3) is 0.261. The van der Waals surface area contributed by atoms with Crippen molar-refractivity contribution in [3.05, 3.63) is 76.9 Å². The van der Waals surface area contributed by atoms with Crippen molar-refractivity contribution in [3.8, 4) is 5.69 Å². The Hall–Kier alpha value is -3.48. The predicted molar refractivity (Wildman–Crippen MR) is 113 cm³/mol. The van der Waals surface area contributed by atoms with E-state index in [1.54, 1.807) is 54.2 Å². The minimum atomic E-state index is -0.452. The van der Waals surface area contributed by atoms with E-state index in [1.807, 2.05) is 13.8 Å². The molecule has 0 N–H and O–H groups in total. The van der Waals surface area contributed by atoms with Gasteiger partial charge < -0.3 is 9.64 Å². The van der Waals surface area contributed by atoms with Crippen molar-refractivity contribution < 1.29 is 18.7 Å². The number of rotatable bonds is 6. The third-order valence-electron chi connectivity index (χ3n) is 5.13. The molecule has 0 unspecified atom stereocenters. The number of methoxy groups -OCH3 is 1. The number of ether oxygens (including phenoxy) is 1. The van der Waals surface area contributed by atoms with Gasteiger partial charge in [-0.2, -0.15) is 5.10 Å². The second-order valence-electron chi connectivity index (χ2n) is 7.00. The Morgan fingerprint density at radius 2 is 1.77 bits per heavy atom. The van der Waals surface area contributed by atoms with Crippen LogP contribution in [0.1, 0.15) is 33.7 Å². The van der Waals surface area contributed by atoms with E-state index in [1.165, 1.54) is 18.1 Å². The number of aryl methyl sites for hydroxylation is 1. The predicted octanol–water partition coefficient (Wildman–Crippen LogP) is 4.01. The molecule has 0 atom stereocenters. The number of hydrogen-bond donors (Lipinski definition) is 0. The molecule has 0 spiro atoms. The van der Waals surface area contributed by atoms with Crippen LogP contribution in [-0.2, 0) is 16.0 Å². The summed E-state index contributed by atoms with van der Waals surface area (Å²) in [7, 11) is 2.92. The van der Waals surface area contributed by atoms with Gasteiger partial charge in [0.25, 0.3) is 5.91 Å². The first-order valence-corrected chi connectivity index (χ1v) is 9.58. The number of aromatic nitrogens is 2. The number of anilines is 1. The molecule has 30 heavy (non-hydrogen) atoms. The molecule has 3 aromatic rings. The van der Waals surface area contributed by atoms with Gasteiger partial charge in [0.2, 0.25) is 0 Å². The summed E-state index contributed by atoms with van der Waals surface area (Å²) >= 11 is 0. The van der Waals surface area contributed by atoms with E-state index in [4.69, 9.17) is 4.74 Å². The van der Waals surface area contributed by atoms with E-state index in [2.05, 4.69) is 5.10 Å². The summed E-state index contributed by atoms with van der Waals surface area (Å²) in [6.07, 6.45) is 0.841. The smallest absolute Gasteiger partial charge is 0.305 e.